The lowest BCUT2D eigenvalue weighted by molar-refractivity contribution is -0.139. The lowest BCUT2D eigenvalue weighted by atomic mass is 10.0. The third kappa shape index (κ3) is 5.65. The highest BCUT2D eigenvalue weighted by Crippen LogP contribution is 2.29. The zero-order chi connectivity index (χ0) is 27.7. The van der Waals surface area contributed by atoms with E-state index in [2.05, 4.69) is 15.5 Å². The predicted octanol–water partition coefficient (Wildman–Crippen LogP) is 4.35. The highest BCUT2D eigenvalue weighted by Gasteiger charge is 2.39. The standard InChI is InChI=1S/C28H24ClF2N5O3/c1-16(37)24-14-35(25-3-2-18(8-23(24)25)19-4-5-33-34-12-19)15-27(38)36-13-22(31)10-26(36)28(39)32-11-17-6-20(29)9-21(30)7-17/h2-9,12,14,22,26H,10-11,13,15H2,1H3,(H,32,39)/t22-,26+/m1/s1. The van der Waals surface area contributed by atoms with Crippen molar-refractivity contribution in [3.63, 3.8) is 0 Å². The maximum Gasteiger partial charge on any atom is 0.243 e. The summed E-state index contributed by atoms with van der Waals surface area (Å²) < 4.78 is 29.7. The Morgan fingerprint density at radius 2 is 1.92 bits per heavy atom. The number of likely N-dealkylation sites (tertiary alicyclic amines) is 1. The van der Waals surface area contributed by atoms with Crippen LogP contribution in [0.3, 0.4) is 0 Å². The van der Waals surface area contributed by atoms with Gasteiger partial charge in [-0.05, 0) is 54.4 Å². The lowest BCUT2D eigenvalue weighted by Gasteiger charge is -2.24. The molecule has 1 fully saturated rings. The summed E-state index contributed by atoms with van der Waals surface area (Å²) in [6.45, 7) is 1.02. The number of ketones is 1. The number of hydrogen-bond acceptors (Lipinski definition) is 5. The molecule has 1 aliphatic rings. The minimum absolute atomic E-state index is 0.0225. The number of alkyl halides is 1. The van der Waals surface area contributed by atoms with E-state index in [4.69, 9.17) is 11.6 Å². The summed E-state index contributed by atoms with van der Waals surface area (Å²) in [4.78, 5) is 39.9. The van der Waals surface area contributed by atoms with Crippen molar-refractivity contribution >= 4 is 40.1 Å². The largest absolute Gasteiger partial charge is 0.350 e. The van der Waals surface area contributed by atoms with Crippen molar-refractivity contribution in [1.29, 1.82) is 0 Å². The van der Waals surface area contributed by atoms with Crippen LogP contribution in [0.15, 0.2) is 61.1 Å². The third-order valence-electron chi connectivity index (χ3n) is 6.75. The molecular weight excluding hydrogens is 528 g/mol. The molecule has 11 heteroatoms. The van der Waals surface area contributed by atoms with Crippen LogP contribution in [0, 0.1) is 5.82 Å². The van der Waals surface area contributed by atoms with Gasteiger partial charge in [0.1, 0.15) is 24.6 Å². The molecule has 200 valence electrons. The fraction of sp³-hybridized carbons (Fsp3) is 0.250. The molecule has 39 heavy (non-hydrogen) atoms. The van der Waals surface area contributed by atoms with E-state index in [1.54, 1.807) is 35.3 Å². The molecule has 0 bridgehead atoms. The molecule has 1 N–H and O–H groups in total. The Morgan fingerprint density at radius 3 is 2.64 bits per heavy atom. The Labute approximate surface area is 227 Å². The molecule has 3 heterocycles. The molecule has 0 radical (unpaired) electrons. The molecule has 0 spiro atoms. The van der Waals surface area contributed by atoms with Crippen molar-refractivity contribution < 1.29 is 23.2 Å². The van der Waals surface area contributed by atoms with Crippen LogP contribution >= 0.6 is 11.6 Å². The SMILES string of the molecule is CC(=O)c1cn(CC(=O)N2C[C@H](F)C[C@H]2C(=O)NCc2cc(F)cc(Cl)c2)c2ccc(-c3ccnnc3)cc12. The van der Waals surface area contributed by atoms with Gasteiger partial charge < -0.3 is 14.8 Å². The van der Waals surface area contributed by atoms with Crippen LogP contribution in [0.2, 0.25) is 5.02 Å². The van der Waals surface area contributed by atoms with Crippen LogP contribution in [-0.4, -0.2) is 56.0 Å². The number of hydrogen-bond donors (Lipinski definition) is 1. The van der Waals surface area contributed by atoms with Crippen molar-refractivity contribution in [2.75, 3.05) is 6.54 Å². The van der Waals surface area contributed by atoms with Gasteiger partial charge >= 0.3 is 0 Å². The highest BCUT2D eigenvalue weighted by atomic mass is 35.5. The molecule has 1 aliphatic heterocycles. The average molecular weight is 552 g/mol. The van der Waals surface area contributed by atoms with E-state index < -0.39 is 29.8 Å². The first-order valence-electron chi connectivity index (χ1n) is 12.3. The smallest absolute Gasteiger partial charge is 0.243 e. The quantitative estimate of drug-likeness (QED) is 0.344. The number of halogens is 3. The van der Waals surface area contributed by atoms with Crippen LogP contribution in [0.5, 0.6) is 0 Å². The van der Waals surface area contributed by atoms with Gasteiger partial charge in [0.2, 0.25) is 11.8 Å². The van der Waals surface area contributed by atoms with Gasteiger partial charge in [-0.15, -0.1) is 0 Å². The fourth-order valence-corrected chi connectivity index (χ4v) is 5.16. The second-order valence-electron chi connectivity index (χ2n) is 9.48. The van der Waals surface area contributed by atoms with Crippen molar-refractivity contribution in [3.8, 4) is 11.1 Å². The first-order chi connectivity index (χ1) is 18.7. The molecule has 4 aromatic rings. The van der Waals surface area contributed by atoms with Gasteiger partial charge in [0.05, 0.1) is 18.9 Å². The maximum absolute atomic E-state index is 14.4. The molecular formula is C28H24ClF2N5O3. The van der Waals surface area contributed by atoms with Crippen LogP contribution in [0.25, 0.3) is 22.0 Å². The molecule has 2 amide bonds. The number of carbonyl (C=O) groups is 3. The second-order valence-corrected chi connectivity index (χ2v) is 9.92. The summed E-state index contributed by atoms with van der Waals surface area (Å²) in [5, 5.41) is 11.2. The van der Waals surface area contributed by atoms with E-state index in [0.29, 0.717) is 22.0 Å². The highest BCUT2D eigenvalue weighted by molar-refractivity contribution is 6.30. The summed E-state index contributed by atoms with van der Waals surface area (Å²) >= 11 is 5.87. The van der Waals surface area contributed by atoms with Gasteiger partial charge in [-0.3, -0.25) is 14.4 Å². The molecule has 8 nitrogen and oxygen atoms in total. The van der Waals surface area contributed by atoms with E-state index in [0.717, 1.165) is 17.2 Å². The first kappa shape index (κ1) is 26.4. The molecule has 1 saturated heterocycles. The summed E-state index contributed by atoms with van der Waals surface area (Å²) in [7, 11) is 0. The van der Waals surface area contributed by atoms with Crippen molar-refractivity contribution in [2.45, 2.75) is 38.6 Å². The predicted molar refractivity (Wildman–Crippen MR) is 141 cm³/mol. The average Bonchev–Trinajstić information content (AvgIpc) is 3.48. The van der Waals surface area contributed by atoms with Gasteiger partial charge in [0.15, 0.2) is 5.78 Å². The minimum Gasteiger partial charge on any atom is -0.350 e. The topological polar surface area (TPSA) is 97.2 Å². The molecule has 0 aliphatic carbocycles. The van der Waals surface area contributed by atoms with E-state index in [-0.39, 0.29) is 36.9 Å². The number of rotatable bonds is 7. The fourth-order valence-electron chi connectivity index (χ4n) is 4.91. The van der Waals surface area contributed by atoms with E-state index in [9.17, 15) is 23.2 Å². The zero-order valence-electron chi connectivity index (χ0n) is 20.9. The Kier molecular flexibility index (Phi) is 7.38. The van der Waals surface area contributed by atoms with Crippen LogP contribution in [-0.2, 0) is 22.7 Å². The number of nitrogens with one attached hydrogen (secondary N) is 1. The van der Waals surface area contributed by atoms with Crippen molar-refractivity contribution in [1.82, 2.24) is 25.0 Å². The third-order valence-corrected chi connectivity index (χ3v) is 6.96. The summed E-state index contributed by atoms with van der Waals surface area (Å²) in [6.07, 6.45) is 3.29. The van der Waals surface area contributed by atoms with Crippen LogP contribution < -0.4 is 5.32 Å². The normalized spacial score (nSPS) is 17.0. The van der Waals surface area contributed by atoms with E-state index in [1.165, 1.54) is 24.0 Å². The monoisotopic (exact) mass is 551 g/mol. The number of carbonyl (C=O) groups excluding carboxylic acids is 3. The summed E-state index contributed by atoms with van der Waals surface area (Å²) in [6, 6.07) is 10.2. The van der Waals surface area contributed by atoms with Gasteiger partial charge in [-0.1, -0.05) is 17.7 Å². The van der Waals surface area contributed by atoms with Crippen molar-refractivity contribution in [3.05, 3.63) is 83.0 Å². The Hall–Kier alpha value is -4.18. The lowest BCUT2D eigenvalue weighted by Crippen LogP contribution is -2.46. The molecule has 0 unspecified atom stereocenters. The van der Waals surface area contributed by atoms with Gasteiger partial charge in [0.25, 0.3) is 0 Å². The molecule has 2 atom stereocenters. The number of nitrogens with zero attached hydrogens (tertiary/aromatic N) is 4. The summed E-state index contributed by atoms with van der Waals surface area (Å²) in [5.74, 6) is -1.71. The minimum atomic E-state index is -1.36. The number of aromatic nitrogens is 3. The van der Waals surface area contributed by atoms with Gasteiger partial charge in [0, 0.05) is 46.2 Å². The Morgan fingerprint density at radius 1 is 1.10 bits per heavy atom. The first-order valence-corrected chi connectivity index (χ1v) is 12.6. The van der Waals surface area contributed by atoms with Crippen LogP contribution in [0.1, 0.15) is 29.3 Å². The van der Waals surface area contributed by atoms with Crippen LogP contribution in [0.4, 0.5) is 8.78 Å². The zero-order valence-corrected chi connectivity index (χ0v) is 21.7. The van der Waals surface area contributed by atoms with E-state index in [1.807, 2.05) is 12.1 Å². The van der Waals surface area contributed by atoms with Gasteiger partial charge in [-0.25, -0.2) is 8.78 Å². The molecule has 2 aromatic heterocycles. The number of benzene rings is 2. The van der Waals surface area contributed by atoms with Gasteiger partial charge in [-0.2, -0.15) is 10.2 Å². The Bertz CT molecular complexity index is 1560. The molecule has 0 saturated carbocycles. The second kappa shape index (κ2) is 10.9. The number of Topliss-reactive ketones (excluding diaryl/α,β-unsaturated/α-hetero) is 1. The van der Waals surface area contributed by atoms with Crippen molar-refractivity contribution in [2.24, 2.45) is 0 Å². The number of fused-ring (bicyclic) bond motifs is 1. The van der Waals surface area contributed by atoms with E-state index >= 15 is 0 Å². The maximum atomic E-state index is 14.4. The summed E-state index contributed by atoms with van der Waals surface area (Å²) in [5.41, 5.74) is 3.19. The molecule has 2 aromatic carbocycles. The Balaban J connectivity index is 1.36. The number of amides is 2. The molecule has 5 rings (SSSR count).